The molecule has 0 bridgehead atoms. The first-order valence-electron chi connectivity index (χ1n) is 11.5. The van der Waals surface area contributed by atoms with Crippen LogP contribution in [0.25, 0.3) is 33.3 Å². The number of aromatic amines is 2. The van der Waals surface area contributed by atoms with Crippen molar-refractivity contribution in [1.29, 1.82) is 0 Å². The van der Waals surface area contributed by atoms with Crippen molar-refractivity contribution in [2.45, 2.75) is 31.5 Å². The maximum atomic E-state index is 14.2. The molecule has 0 saturated heterocycles. The first-order chi connectivity index (χ1) is 17.7. The number of halogens is 1. The van der Waals surface area contributed by atoms with E-state index in [2.05, 4.69) is 20.3 Å². The average molecular weight is 512 g/mol. The summed E-state index contributed by atoms with van der Waals surface area (Å²) in [5, 5.41) is 30.8. The van der Waals surface area contributed by atoms with Gasteiger partial charge in [-0.3, -0.25) is 14.4 Å². The number of carbonyl (C=O) groups excluding carboxylic acids is 1. The number of carboxylic acids is 1. The van der Waals surface area contributed by atoms with Crippen LogP contribution in [0.15, 0.2) is 47.3 Å². The molecule has 2 heterocycles. The van der Waals surface area contributed by atoms with Crippen molar-refractivity contribution >= 4 is 33.8 Å². The van der Waals surface area contributed by atoms with Crippen LogP contribution < -0.4 is 15.6 Å². The molecule has 0 radical (unpaired) electrons. The third-order valence-corrected chi connectivity index (χ3v) is 5.67. The molecule has 0 spiro atoms. The van der Waals surface area contributed by atoms with Gasteiger partial charge in [0.15, 0.2) is 6.61 Å². The van der Waals surface area contributed by atoms with E-state index in [0.29, 0.717) is 22.3 Å². The number of carbonyl (C=O) groups is 2. The zero-order chi connectivity index (χ0) is 26.5. The molecule has 0 aliphatic rings. The van der Waals surface area contributed by atoms with E-state index in [1.54, 1.807) is 24.3 Å². The molecule has 12 heteroatoms. The molecule has 2 unspecified atom stereocenters. The molecule has 4 aromatic rings. The van der Waals surface area contributed by atoms with Gasteiger partial charge >= 0.3 is 5.97 Å². The van der Waals surface area contributed by atoms with Crippen LogP contribution in [-0.2, 0) is 9.59 Å². The van der Waals surface area contributed by atoms with Crippen molar-refractivity contribution in [3.63, 3.8) is 0 Å². The number of aliphatic carboxylic acids is 1. The molecule has 2 aromatic carbocycles. The summed E-state index contributed by atoms with van der Waals surface area (Å²) in [7, 11) is 0. The lowest BCUT2D eigenvalue weighted by Gasteiger charge is -2.14. The number of benzene rings is 2. The van der Waals surface area contributed by atoms with Gasteiger partial charge in [0.1, 0.15) is 17.4 Å². The number of hydrogen-bond donors (Lipinski definition) is 6. The average Bonchev–Trinajstić information content (AvgIpc) is 3.25. The summed E-state index contributed by atoms with van der Waals surface area (Å²) in [6.07, 6.45) is -2.55. The van der Waals surface area contributed by atoms with Crippen molar-refractivity contribution in [3.8, 4) is 17.1 Å². The Hall–Kier alpha value is -4.29. The SMILES string of the molecule is O=C(O)CC(O)CC(O)CCNC(=O)COc1ccc2nc(-c3cc4c(F)cccc4[nH]c3=O)[nH]c2c1. The number of aliphatic hydroxyl groups excluding tert-OH is 2. The molecule has 6 N–H and O–H groups in total. The van der Waals surface area contributed by atoms with E-state index < -0.39 is 41.9 Å². The first-order valence-corrected chi connectivity index (χ1v) is 11.5. The number of hydrogen-bond acceptors (Lipinski definition) is 7. The van der Waals surface area contributed by atoms with Gasteiger partial charge in [0.25, 0.3) is 11.5 Å². The molecule has 0 aliphatic heterocycles. The molecule has 37 heavy (non-hydrogen) atoms. The summed E-state index contributed by atoms with van der Waals surface area (Å²) in [5.41, 5.74) is 1.21. The quantitative estimate of drug-likeness (QED) is 0.176. The predicted molar refractivity (Wildman–Crippen MR) is 132 cm³/mol. The summed E-state index contributed by atoms with van der Waals surface area (Å²) in [6.45, 7) is -0.180. The number of H-pyrrole nitrogens is 2. The number of pyridine rings is 1. The highest BCUT2D eigenvalue weighted by Crippen LogP contribution is 2.24. The van der Waals surface area contributed by atoms with E-state index in [4.69, 9.17) is 9.84 Å². The first kappa shape index (κ1) is 25.8. The second-order valence-corrected chi connectivity index (χ2v) is 8.55. The second kappa shape index (κ2) is 11.2. The van der Waals surface area contributed by atoms with Crippen molar-refractivity contribution < 1.29 is 34.0 Å². The van der Waals surface area contributed by atoms with Crippen molar-refractivity contribution in [1.82, 2.24) is 20.3 Å². The van der Waals surface area contributed by atoms with E-state index in [1.807, 2.05) is 0 Å². The summed E-state index contributed by atoms with van der Waals surface area (Å²) in [6, 6.07) is 10.7. The van der Waals surface area contributed by atoms with Gasteiger partial charge in [-0.1, -0.05) is 6.07 Å². The largest absolute Gasteiger partial charge is 0.484 e. The molecule has 194 valence electrons. The molecule has 4 rings (SSSR count). The van der Waals surface area contributed by atoms with Crippen LogP contribution in [0.1, 0.15) is 19.3 Å². The number of fused-ring (bicyclic) bond motifs is 2. The standard InChI is InChI=1S/C25H25FN4O7/c26-18-2-1-3-19-16(18)11-17(25(36)30-19)24-28-20-5-4-15(10-21(20)29-24)37-12-22(33)27-7-6-13(31)8-14(32)9-23(34)35/h1-5,10-11,13-14,31-32H,6-9,12H2,(H,27,33)(H,28,29)(H,30,36)(H,34,35). The topological polar surface area (TPSA) is 178 Å². The molecule has 2 aromatic heterocycles. The van der Waals surface area contributed by atoms with Crippen LogP contribution >= 0.6 is 0 Å². The summed E-state index contributed by atoms with van der Waals surface area (Å²) < 4.78 is 19.7. The zero-order valence-electron chi connectivity index (χ0n) is 19.5. The van der Waals surface area contributed by atoms with E-state index >= 15 is 0 Å². The molecular weight excluding hydrogens is 487 g/mol. The van der Waals surface area contributed by atoms with E-state index in [9.17, 15) is 29.0 Å². The second-order valence-electron chi connectivity index (χ2n) is 8.55. The summed E-state index contributed by atoms with van der Waals surface area (Å²) >= 11 is 0. The molecule has 11 nitrogen and oxygen atoms in total. The van der Waals surface area contributed by atoms with Crippen LogP contribution in [0.3, 0.4) is 0 Å². The lowest BCUT2D eigenvalue weighted by Crippen LogP contribution is -2.32. The number of aromatic nitrogens is 3. The molecule has 2 atom stereocenters. The minimum absolute atomic E-state index is 0.106. The highest BCUT2D eigenvalue weighted by atomic mass is 19.1. The third kappa shape index (κ3) is 6.48. The van der Waals surface area contributed by atoms with Gasteiger partial charge in [-0.25, -0.2) is 9.37 Å². The van der Waals surface area contributed by atoms with Crippen molar-refractivity contribution in [2.75, 3.05) is 13.2 Å². The van der Waals surface area contributed by atoms with Crippen LogP contribution in [0.5, 0.6) is 5.75 Å². The maximum absolute atomic E-state index is 14.2. The lowest BCUT2D eigenvalue weighted by molar-refractivity contribution is -0.139. The van der Waals surface area contributed by atoms with Gasteiger partial charge in [-0.15, -0.1) is 0 Å². The Labute approximate surface area is 208 Å². The Balaban J connectivity index is 1.34. The normalized spacial score (nSPS) is 12.9. The Kier molecular flexibility index (Phi) is 7.80. The third-order valence-electron chi connectivity index (χ3n) is 5.67. The van der Waals surface area contributed by atoms with Gasteiger partial charge in [0.2, 0.25) is 0 Å². The summed E-state index contributed by atoms with van der Waals surface area (Å²) in [5.74, 6) is -1.44. The molecule has 0 fully saturated rings. The number of amides is 1. The lowest BCUT2D eigenvalue weighted by atomic mass is 10.1. The number of imidazole rings is 1. The minimum Gasteiger partial charge on any atom is -0.484 e. The van der Waals surface area contributed by atoms with Crippen LogP contribution in [-0.4, -0.2) is 67.5 Å². The fourth-order valence-corrected chi connectivity index (χ4v) is 3.87. The predicted octanol–water partition coefficient (Wildman–Crippen LogP) is 1.68. The number of carboxylic acid groups (broad SMARTS) is 1. The number of nitrogens with zero attached hydrogens (tertiary/aromatic N) is 1. The minimum atomic E-state index is -1.16. The highest BCUT2D eigenvalue weighted by Gasteiger charge is 2.16. The van der Waals surface area contributed by atoms with Gasteiger partial charge in [-0.2, -0.15) is 0 Å². The molecule has 1 amide bonds. The fraction of sp³-hybridized carbons (Fsp3) is 0.280. The summed E-state index contributed by atoms with van der Waals surface area (Å²) in [4.78, 5) is 45.2. The molecule has 0 aliphatic carbocycles. The Morgan fingerprint density at radius 3 is 2.68 bits per heavy atom. The number of rotatable bonds is 11. The van der Waals surface area contributed by atoms with Crippen molar-refractivity contribution in [3.05, 3.63) is 58.6 Å². The van der Waals surface area contributed by atoms with E-state index in [0.717, 1.165) is 0 Å². The smallest absolute Gasteiger partial charge is 0.305 e. The Morgan fingerprint density at radius 2 is 1.89 bits per heavy atom. The Morgan fingerprint density at radius 1 is 1.08 bits per heavy atom. The zero-order valence-corrected chi connectivity index (χ0v) is 19.5. The van der Waals surface area contributed by atoms with Gasteiger partial charge < -0.3 is 35.3 Å². The highest BCUT2D eigenvalue weighted by molar-refractivity contribution is 5.85. The molecular formula is C25H25FN4O7. The van der Waals surface area contributed by atoms with Gasteiger partial charge in [0, 0.05) is 18.0 Å². The monoisotopic (exact) mass is 512 g/mol. The van der Waals surface area contributed by atoms with Crippen LogP contribution in [0.4, 0.5) is 4.39 Å². The van der Waals surface area contributed by atoms with E-state index in [1.165, 1.54) is 18.2 Å². The Bertz CT molecular complexity index is 1500. The fourth-order valence-electron chi connectivity index (χ4n) is 3.87. The van der Waals surface area contributed by atoms with Crippen molar-refractivity contribution in [2.24, 2.45) is 0 Å². The van der Waals surface area contributed by atoms with Crippen LogP contribution in [0.2, 0.25) is 0 Å². The van der Waals surface area contributed by atoms with E-state index in [-0.39, 0.29) is 42.8 Å². The number of aliphatic hydroxyl groups is 2. The van der Waals surface area contributed by atoms with Gasteiger partial charge in [0.05, 0.1) is 40.7 Å². The molecule has 0 saturated carbocycles. The van der Waals surface area contributed by atoms with Crippen LogP contribution in [0, 0.1) is 5.82 Å². The number of ether oxygens (including phenoxy) is 1. The maximum Gasteiger partial charge on any atom is 0.305 e. The van der Waals surface area contributed by atoms with Gasteiger partial charge in [-0.05, 0) is 43.2 Å². The number of nitrogens with one attached hydrogen (secondary N) is 3.